The summed E-state index contributed by atoms with van der Waals surface area (Å²) in [6.07, 6.45) is -0.234. The predicted octanol–water partition coefficient (Wildman–Crippen LogP) is 2.60. The number of fused-ring (bicyclic) bond motifs is 3. The molecule has 170 valence electrons. The van der Waals surface area contributed by atoms with Crippen LogP contribution in [0.15, 0.2) is 48.5 Å². The van der Waals surface area contributed by atoms with E-state index < -0.39 is 30.6 Å². The van der Waals surface area contributed by atoms with Gasteiger partial charge in [0.15, 0.2) is 0 Å². The van der Waals surface area contributed by atoms with E-state index in [0.29, 0.717) is 6.42 Å². The minimum Gasteiger partial charge on any atom is -0.480 e. The number of aliphatic hydroxyl groups excluding tert-OH is 1. The number of hydrogen-bond acceptors (Lipinski definition) is 5. The molecule has 8 nitrogen and oxygen atoms in total. The average Bonchev–Trinajstić information content (AvgIpc) is 3.10. The van der Waals surface area contributed by atoms with Crippen LogP contribution in [-0.4, -0.2) is 65.4 Å². The molecule has 3 N–H and O–H groups in total. The Hall–Kier alpha value is -3.39. The maximum absolute atomic E-state index is 12.5. The molecule has 1 aliphatic rings. The van der Waals surface area contributed by atoms with Crippen LogP contribution in [0.25, 0.3) is 11.1 Å². The van der Waals surface area contributed by atoms with E-state index in [1.807, 2.05) is 43.3 Å². The van der Waals surface area contributed by atoms with Crippen molar-refractivity contribution in [2.75, 3.05) is 26.3 Å². The highest BCUT2D eigenvalue weighted by Gasteiger charge is 2.29. The Labute approximate surface area is 186 Å². The maximum Gasteiger partial charge on any atom is 0.407 e. The van der Waals surface area contributed by atoms with Crippen LogP contribution in [0.4, 0.5) is 4.79 Å². The van der Waals surface area contributed by atoms with E-state index in [4.69, 9.17) is 14.9 Å². The largest absolute Gasteiger partial charge is 0.480 e. The summed E-state index contributed by atoms with van der Waals surface area (Å²) in [5.41, 5.74) is 4.49. The average molecular weight is 440 g/mol. The summed E-state index contributed by atoms with van der Waals surface area (Å²) in [5.74, 6) is -1.68. The molecule has 0 spiro atoms. The molecule has 0 saturated carbocycles. The Bertz CT molecular complexity index is 931. The van der Waals surface area contributed by atoms with Crippen molar-refractivity contribution in [3.63, 3.8) is 0 Å². The predicted molar refractivity (Wildman–Crippen MR) is 118 cm³/mol. The number of ether oxygens (including phenoxy) is 1. The first-order valence-corrected chi connectivity index (χ1v) is 10.7. The smallest absolute Gasteiger partial charge is 0.407 e. The molecule has 2 aromatic rings. The number of carboxylic acid groups (broad SMARTS) is 1. The second-order valence-corrected chi connectivity index (χ2v) is 7.71. The number of hydrogen-bond donors (Lipinski definition) is 3. The molecule has 2 aromatic carbocycles. The molecule has 0 aliphatic heterocycles. The fourth-order valence-electron chi connectivity index (χ4n) is 4.02. The van der Waals surface area contributed by atoms with Gasteiger partial charge in [0.1, 0.15) is 13.2 Å². The third-order valence-corrected chi connectivity index (χ3v) is 5.63. The van der Waals surface area contributed by atoms with Crippen LogP contribution in [0.1, 0.15) is 36.8 Å². The van der Waals surface area contributed by atoms with E-state index in [-0.39, 0.29) is 32.1 Å². The van der Waals surface area contributed by atoms with Crippen molar-refractivity contribution in [3.8, 4) is 11.1 Å². The number of carboxylic acids is 1. The van der Waals surface area contributed by atoms with Crippen LogP contribution in [0.5, 0.6) is 0 Å². The molecular weight excluding hydrogens is 412 g/mol. The van der Waals surface area contributed by atoms with Crippen LogP contribution < -0.4 is 5.32 Å². The minimum absolute atomic E-state index is 0.0644. The number of alkyl carbamates (subject to hydrolysis) is 1. The van der Waals surface area contributed by atoms with Gasteiger partial charge in [-0.05, 0) is 28.7 Å². The summed E-state index contributed by atoms with van der Waals surface area (Å²) in [7, 11) is 0. The summed E-state index contributed by atoms with van der Waals surface area (Å²) >= 11 is 0. The standard InChI is InChI=1S/C24H28N2O6/c1-2-16(13-22(28)26(11-12-27)14-23(29)30)25-24(31)32-15-21-19-9-5-3-7-17(19)18-8-4-6-10-20(18)21/h3-10,16,21,27H,2,11-15H2,1H3,(H,25,31)(H,29,30)/t16-/m1/s1. The van der Waals surface area contributed by atoms with Crippen LogP contribution in [-0.2, 0) is 14.3 Å². The maximum atomic E-state index is 12.5. The molecule has 1 aliphatic carbocycles. The molecule has 32 heavy (non-hydrogen) atoms. The van der Waals surface area contributed by atoms with Gasteiger partial charge in [-0.15, -0.1) is 0 Å². The molecule has 0 aromatic heterocycles. The van der Waals surface area contributed by atoms with Gasteiger partial charge in [-0.2, -0.15) is 0 Å². The van der Waals surface area contributed by atoms with E-state index in [2.05, 4.69) is 17.4 Å². The SMILES string of the molecule is CC[C@H](CC(=O)N(CCO)CC(=O)O)NC(=O)OCC1c2ccccc2-c2ccccc21. The lowest BCUT2D eigenvalue weighted by Gasteiger charge is -2.23. The van der Waals surface area contributed by atoms with Gasteiger partial charge < -0.3 is 25.2 Å². The number of aliphatic hydroxyl groups is 1. The zero-order chi connectivity index (χ0) is 23.1. The number of benzene rings is 2. The number of rotatable bonds is 10. The van der Waals surface area contributed by atoms with Crippen molar-refractivity contribution in [1.82, 2.24) is 10.2 Å². The van der Waals surface area contributed by atoms with Crippen molar-refractivity contribution < 1.29 is 29.3 Å². The van der Waals surface area contributed by atoms with E-state index in [9.17, 15) is 14.4 Å². The fourth-order valence-corrected chi connectivity index (χ4v) is 4.02. The van der Waals surface area contributed by atoms with Crippen LogP contribution in [0.3, 0.4) is 0 Å². The van der Waals surface area contributed by atoms with Crippen molar-refractivity contribution in [1.29, 1.82) is 0 Å². The Kier molecular flexibility index (Phi) is 7.83. The highest BCUT2D eigenvalue weighted by Crippen LogP contribution is 2.44. The molecule has 0 unspecified atom stereocenters. The molecular formula is C24H28N2O6. The molecule has 0 heterocycles. The quantitative estimate of drug-likeness (QED) is 0.523. The van der Waals surface area contributed by atoms with Gasteiger partial charge >= 0.3 is 12.1 Å². The summed E-state index contributed by atoms with van der Waals surface area (Å²) in [6.45, 7) is 1.07. The molecule has 0 bridgehead atoms. The molecule has 3 rings (SSSR count). The van der Waals surface area contributed by atoms with Gasteiger partial charge in [-0.1, -0.05) is 55.5 Å². The Morgan fingerprint density at radius 1 is 1.06 bits per heavy atom. The van der Waals surface area contributed by atoms with Gasteiger partial charge in [0.2, 0.25) is 5.91 Å². The van der Waals surface area contributed by atoms with Crippen molar-refractivity contribution in [2.24, 2.45) is 0 Å². The molecule has 8 heteroatoms. The third-order valence-electron chi connectivity index (χ3n) is 5.63. The molecule has 2 amide bonds. The number of amides is 2. The Morgan fingerprint density at radius 3 is 2.19 bits per heavy atom. The lowest BCUT2D eigenvalue weighted by atomic mass is 9.98. The van der Waals surface area contributed by atoms with E-state index in [1.54, 1.807) is 0 Å². The van der Waals surface area contributed by atoms with Crippen molar-refractivity contribution in [2.45, 2.75) is 31.7 Å². The lowest BCUT2D eigenvalue weighted by Crippen LogP contribution is -2.43. The first-order chi connectivity index (χ1) is 15.4. The van der Waals surface area contributed by atoms with Gasteiger partial charge in [0.05, 0.1) is 6.61 Å². The summed E-state index contributed by atoms with van der Waals surface area (Å²) in [4.78, 5) is 36.9. The number of nitrogens with one attached hydrogen (secondary N) is 1. The third kappa shape index (κ3) is 5.45. The van der Waals surface area contributed by atoms with Crippen LogP contribution >= 0.6 is 0 Å². The number of carbonyl (C=O) groups is 3. The second kappa shape index (κ2) is 10.8. The minimum atomic E-state index is -1.16. The van der Waals surface area contributed by atoms with E-state index in [0.717, 1.165) is 27.2 Å². The number of aliphatic carboxylic acids is 1. The van der Waals surface area contributed by atoms with Crippen molar-refractivity contribution in [3.05, 3.63) is 59.7 Å². The zero-order valence-corrected chi connectivity index (χ0v) is 18.0. The topological polar surface area (TPSA) is 116 Å². The van der Waals surface area contributed by atoms with Crippen LogP contribution in [0, 0.1) is 0 Å². The highest BCUT2D eigenvalue weighted by molar-refractivity contribution is 5.82. The fraction of sp³-hybridized carbons (Fsp3) is 0.375. The molecule has 1 atom stereocenters. The lowest BCUT2D eigenvalue weighted by molar-refractivity contribution is -0.145. The molecule has 0 saturated heterocycles. The van der Waals surface area contributed by atoms with Gasteiger partial charge in [0.25, 0.3) is 0 Å². The van der Waals surface area contributed by atoms with Gasteiger partial charge in [-0.25, -0.2) is 4.79 Å². The monoisotopic (exact) mass is 440 g/mol. The van der Waals surface area contributed by atoms with E-state index in [1.165, 1.54) is 0 Å². The summed E-state index contributed by atoms with van der Waals surface area (Å²) < 4.78 is 5.52. The van der Waals surface area contributed by atoms with Crippen LogP contribution in [0.2, 0.25) is 0 Å². The van der Waals surface area contributed by atoms with Gasteiger partial charge in [-0.3, -0.25) is 9.59 Å². The van der Waals surface area contributed by atoms with Gasteiger partial charge in [0, 0.05) is 24.9 Å². The molecule has 0 fully saturated rings. The van der Waals surface area contributed by atoms with E-state index >= 15 is 0 Å². The number of carbonyl (C=O) groups excluding carboxylic acids is 2. The first-order valence-electron chi connectivity index (χ1n) is 10.7. The normalized spacial score (nSPS) is 13.1. The first kappa shape index (κ1) is 23.3. The van der Waals surface area contributed by atoms with Crippen molar-refractivity contribution >= 4 is 18.0 Å². The number of nitrogens with zero attached hydrogens (tertiary/aromatic N) is 1. The molecule has 0 radical (unpaired) electrons. The summed E-state index contributed by atoms with van der Waals surface area (Å²) in [6, 6.07) is 15.6. The Balaban J connectivity index is 1.59. The second-order valence-electron chi connectivity index (χ2n) is 7.71. The zero-order valence-electron chi connectivity index (χ0n) is 18.0. The summed E-state index contributed by atoms with van der Waals surface area (Å²) in [5, 5.41) is 20.7. The highest BCUT2D eigenvalue weighted by atomic mass is 16.5. The Morgan fingerprint density at radius 2 is 1.66 bits per heavy atom.